The van der Waals surface area contributed by atoms with Crippen molar-refractivity contribution < 1.29 is 0 Å². The number of nitrogens with zero attached hydrogens (tertiary/aromatic N) is 4. The van der Waals surface area contributed by atoms with Gasteiger partial charge in [0.25, 0.3) is 0 Å². The molecular formula is C10H17ClN4. The topological polar surface area (TPSA) is 34.0 Å². The van der Waals surface area contributed by atoms with Gasteiger partial charge >= 0.3 is 0 Å². The lowest BCUT2D eigenvalue weighted by Gasteiger charge is -2.33. The highest BCUT2D eigenvalue weighted by atomic mass is 35.5. The van der Waals surface area contributed by atoms with E-state index in [9.17, 15) is 0 Å². The number of alkyl halides is 1. The van der Waals surface area contributed by atoms with Gasteiger partial charge < -0.3 is 4.90 Å². The Labute approximate surface area is 95.2 Å². The summed E-state index contributed by atoms with van der Waals surface area (Å²) in [6.45, 7) is 6.38. The van der Waals surface area contributed by atoms with Crippen molar-refractivity contribution in [1.82, 2.24) is 19.7 Å². The minimum atomic E-state index is 0.354. The van der Waals surface area contributed by atoms with E-state index in [1.807, 2.05) is 4.68 Å². The van der Waals surface area contributed by atoms with Crippen LogP contribution in [0.5, 0.6) is 0 Å². The summed E-state index contributed by atoms with van der Waals surface area (Å²) < 4.78 is 1.87. The second-order valence-electron chi connectivity index (χ2n) is 4.24. The first-order valence-corrected chi connectivity index (χ1v) is 5.88. The van der Waals surface area contributed by atoms with Crippen molar-refractivity contribution in [2.24, 2.45) is 5.92 Å². The first-order chi connectivity index (χ1) is 7.25. The van der Waals surface area contributed by atoms with Crippen LogP contribution in [0.1, 0.15) is 13.3 Å². The van der Waals surface area contributed by atoms with Gasteiger partial charge in [0, 0.05) is 18.5 Å². The van der Waals surface area contributed by atoms with Crippen molar-refractivity contribution in [2.45, 2.75) is 25.3 Å². The highest BCUT2D eigenvalue weighted by Crippen LogP contribution is 2.21. The molecule has 0 N–H and O–H groups in total. The van der Waals surface area contributed by atoms with Gasteiger partial charge in [0.2, 0.25) is 0 Å². The van der Waals surface area contributed by atoms with E-state index < -0.39 is 0 Å². The Morgan fingerprint density at radius 1 is 1.47 bits per heavy atom. The summed E-state index contributed by atoms with van der Waals surface area (Å²) in [5.74, 6) is 0.594. The molecule has 2 atom stereocenters. The molecule has 2 heterocycles. The number of rotatable bonds is 3. The molecule has 15 heavy (non-hydrogen) atoms. The first kappa shape index (κ1) is 10.9. The summed E-state index contributed by atoms with van der Waals surface area (Å²) in [6, 6.07) is 0. The number of halogens is 1. The van der Waals surface area contributed by atoms with Crippen LogP contribution in [0.2, 0.25) is 0 Å². The molecule has 5 heteroatoms. The average molecular weight is 229 g/mol. The molecule has 1 fully saturated rings. The van der Waals surface area contributed by atoms with Crippen molar-refractivity contribution in [1.29, 1.82) is 0 Å². The summed E-state index contributed by atoms with van der Waals surface area (Å²) in [4.78, 5) is 6.37. The maximum Gasteiger partial charge on any atom is 0.137 e. The molecule has 1 aliphatic heterocycles. The van der Waals surface area contributed by atoms with E-state index in [1.54, 1.807) is 12.7 Å². The molecule has 0 aliphatic carbocycles. The van der Waals surface area contributed by atoms with Crippen LogP contribution in [0, 0.1) is 5.92 Å². The molecule has 1 saturated heterocycles. The van der Waals surface area contributed by atoms with E-state index in [1.165, 1.54) is 0 Å². The average Bonchev–Trinajstić information content (AvgIpc) is 2.73. The normalized spacial score (nSPS) is 28.1. The van der Waals surface area contributed by atoms with Gasteiger partial charge in [0.05, 0.1) is 6.54 Å². The van der Waals surface area contributed by atoms with E-state index in [4.69, 9.17) is 11.6 Å². The highest BCUT2D eigenvalue weighted by molar-refractivity contribution is 6.20. The Morgan fingerprint density at radius 3 is 3.00 bits per heavy atom. The molecule has 0 amide bonds. The fourth-order valence-electron chi connectivity index (χ4n) is 2.00. The summed E-state index contributed by atoms with van der Waals surface area (Å²) in [5, 5.41) is 4.44. The van der Waals surface area contributed by atoms with E-state index in [2.05, 4.69) is 21.9 Å². The van der Waals surface area contributed by atoms with Gasteiger partial charge in [-0.05, 0) is 18.9 Å². The molecule has 0 radical (unpaired) electrons. The number of hydrogen-bond acceptors (Lipinski definition) is 3. The van der Waals surface area contributed by atoms with Crippen LogP contribution in [-0.2, 0) is 6.54 Å². The van der Waals surface area contributed by atoms with Crippen molar-refractivity contribution in [2.75, 3.05) is 19.6 Å². The standard InChI is InChI=1S/C10H17ClN4/c1-9-6-14(3-2-10(9)11)4-5-15-8-12-7-13-15/h7-10H,2-6H2,1H3. The summed E-state index contributed by atoms with van der Waals surface area (Å²) in [7, 11) is 0. The van der Waals surface area contributed by atoms with Gasteiger partial charge in [0.1, 0.15) is 12.7 Å². The zero-order chi connectivity index (χ0) is 10.7. The van der Waals surface area contributed by atoms with Gasteiger partial charge in [-0.1, -0.05) is 6.92 Å². The lowest BCUT2D eigenvalue weighted by Crippen LogP contribution is -2.41. The SMILES string of the molecule is CC1CN(CCn2cncn2)CCC1Cl. The number of hydrogen-bond donors (Lipinski definition) is 0. The zero-order valence-electron chi connectivity index (χ0n) is 9.01. The molecular weight excluding hydrogens is 212 g/mol. The molecule has 1 aromatic rings. The first-order valence-electron chi connectivity index (χ1n) is 5.44. The highest BCUT2D eigenvalue weighted by Gasteiger charge is 2.23. The Kier molecular flexibility index (Phi) is 3.59. The fourth-order valence-corrected chi connectivity index (χ4v) is 2.18. The Bertz CT molecular complexity index is 288. The summed E-state index contributed by atoms with van der Waals surface area (Å²) in [5.41, 5.74) is 0. The quantitative estimate of drug-likeness (QED) is 0.730. The van der Waals surface area contributed by atoms with E-state index in [0.717, 1.165) is 32.6 Å². The van der Waals surface area contributed by atoms with Crippen LogP contribution in [0.25, 0.3) is 0 Å². The smallest absolute Gasteiger partial charge is 0.137 e. The third-order valence-corrected chi connectivity index (χ3v) is 3.65. The largest absolute Gasteiger partial charge is 0.301 e. The second-order valence-corrected chi connectivity index (χ2v) is 4.80. The monoisotopic (exact) mass is 228 g/mol. The van der Waals surface area contributed by atoms with Gasteiger partial charge in [-0.15, -0.1) is 11.6 Å². The van der Waals surface area contributed by atoms with Crippen molar-refractivity contribution in [3.05, 3.63) is 12.7 Å². The zero-order valence-corrected chi connectivity index (χ0v) is 9.77. The molecule has 4 nitrogen and oxygen atoms in total. The number of piperidine rings is 1. The van der Waals surface area contributed by atoms with E-state index in [-0.39, 0.29) is 0 Å². The van der Waals surface area contributed by atoms with Crippen LogP contribution in [-0.4, -0.2) is 44.7 Å². The molecule has 84 valence electrons. The van der Waals surface area contributed by atoms with Crippen LogP contribution in [0.15, 0.2) is 12.7 Å². The maximum absolute atomic E-state index is 6.18. The molecule has 1 aromatic heterocycles. The molecule has 0 spiro atoms. The molecule has 0 saturated carbocycles. The summed E-state index contributed by atoms with van der Waals surface area (Å²) >= 11 is 6.18. The van der Waals surface area contributed by atoms with Crippen LogP contribution in [0.3, 0.4) is 0 Å². The van der Waals surface area contributed by atoms with E-state index >= 15 is 0 Å². The van der Waals surface area contributed by atoms with Crippen molar-refractivity contribution in [3.63, 3.8) is 0 Å². The van der Waals surface area contributed by atoms with Gasteiger partial charge in [-0.25, -0.2) is 4.98 Å². The molecule has 0 aromatic carbocycles. The van der Waals surface area contributed by atoms with Gasteiger partial charge in [-0.2, -0.15) is 5.10 Å². The van der Waals surface area contributed by atoms with Crippen molar-refractivity contribution >= 4 is 11.6 Å². The number of likely N-dealkylation sites (tertiary alicyclic amines) is 1. The maximum atomic E-state index is 6.18. The second kappa shape index (κ2) is 4.94. The van der Waals surface area contributed by atoms with Crippen LogP contribution >= 0.6 is 11.6 Å². The minimum Gasteiger partial charge on any atom is -0.301 e. The predicted octanol–water partition coefficient (Wildman–Crippen LogP) is 1.23. The molecule has 2 rings (SSSR count). The molecule has 0 bridgehead atoms. The Hall–Kier alpha value is -0.610. The lowest BCUT2D eigenvalue weighted by atomic mass is 10.00. The van der Waals surface area contributed by atoms with Gasteiger partial charge in [0.15, 0.2) is 0 Å². The van der Waals surface area contributed by atoms with Gasteiger partial charge in [-0.3, -0.25) is 4.68 Å². The predicted molar refractivity (Wildman–Crippen MR) is 59.9 cm³/mol. The third-order valence-electron chi connectivity index (χ3n) is 3.00. The third kappa shape index (κ3) is 2.92. The summed E-state index contributed by atoms with van der Waals surface area (Å²) in [6.07, 6.45) is 4.44. The van der Waals surface area contributed by atoms with E-state index in [0.29, 0.717) is 11.3 Å². The van der Waals surface area contributed by atoms with Crippen LogP contribution < -0.4 is 0 Å². The minimum absolute atomic E-state index is 0.354. The van der Waals surface area contributed by atoms with Crippen LogP contribution in [0.4, 0.5) is 0 Å². The molecule has 1 aliphatic rings. The Morgan fingerprint density at radius 2 is 2.33 bits per heavy atom. The van der Waals surface area contributed by atoms with Crippen molar-refractivity contribution in [3.8, 4) is 0 Å². The number of aromatic nitrogens is 3. The Balaban J connectivity index is 1.76. The lowest BCUT2D eigenvalue weighted by molar-refractivity contribution is 0.179. The fraction of sp³-hybridized carbons (Fsp3) is 0.800. The molecule has 2 unspecified atom stereocenters.